The Morgan fingerprint density at radius 3 is 2.44 bits per heavy atom. The second-order valence-corrected chi connectivity index (χ2v) is 7.31. The van der Waals surface area contributed by atoms with Crippen LogP contribution in [0.1, 0.15) is 19.5 Å². The Morgan fingerprint density at radius 2 is 1.72 bits per heavy atom. The zero-order valence-electron chi connectivity index (χ0n) is 17.8. The number of aliphatic hydroxyl groups is 1. The van der Waals surface area contributed by atoms with Gasteiger partial charge < -0.3 is 9.52 Å². The van der Waals surface area contributed by atoms with E-state index in [-0.39, 0.29) is 31.6 Å². The van der Waals surface area contributed by atoms with Gasteiger partial charge >= 0.3 is 0 Å². The SMILES string of the molecule is CC(=O)/C=C(/C)O.Cc1ccc2c(n1)oc1[c-]c(-c3ccc4ccccc4n3)ccc12.[Ir]. The number of aryl methyl sites for hydroxylation is 1. The topological polar surface area (TPSA) is 76.2 Å². The van der Waals surface area contributed by atoms with Crippen LogP contribution in [-0.4, -0.2) is 20.9 Å². The molecule has 0 amide bonds. The van der Waals surface area contributed by atoms with Crippen molar-refractivity contribution in [2.45, 2.75) is 20.8 Å². The molecule has 0 aliphatic rings. The molecule has 0 saturated heterocycles. The number of carbonyl (C=O) groups excluding carboxylic acids is 1. The van der Waals surface area contributed by atoms with Crippen LogP contribution in [-0.2, 0) is 24.9 Å². The summed E-state index contributed by atoms with van der Waals surface area (Å²) in [6.45, 7) is 4.81. The first-order chi connectivity index (χ1) is 14.9. The summed E-state index contributed by atoms with van der Waals surface area (Å²) >= 11 is 0. The molecule has 5 rings (SSSR count). The van der Waals surface area contributed by atoms with Crippen molar-refractivity contribution in [3.8, 4) is 11.3 Å². The summed E-state index contributed by atoms with van der Waals surface area (Å²) in [6.07, 6.45) is 1.17. The van der Waals surface area contributed by atoms with Crippen molar-refractivity contribution in [2.75, 3.05) is 0 Å². The molecular formula is C26H21IrN2O3-. The number of hydrogen-bond acceptors (Lipinski definition) is 5. The Labute approximate surface area is 199 Å². The number of carbonyl (C=O) groups is 1. The molecule has 5 nitrogen and oxygen atoms in total. The molecule has 1 N–H and O–H groups in total. The standard InChI is InChI=1S/C21H13N2O.C5H8O2.Ir/c1-13-6-9-17-16-10-7-15(12-20(16)24-21(17)22-13)19-11-8-14-4-2-3-5-18(14)23-19;1-4(6)3-5(2)7;/h2-11H,1H3;3,6H,1-2H3;/q-1;;/b;4-3-;. The van der Waals surface area contributed by atoms with E-state index in [1.807, 2.05) is 49.4 Å². The Hall–Kier alpha value is -3.34. The van der Waals surface area contributed by atoms with Gasteiger partial charge in [0.15, 0.2) is 5.78 Å². The van der Waals surface area contributed by atoms with Gasteiger partial charge in [0.05, 0.1) is 16.9 Å². The number of hydrogen-bond donors (Lipinski definition) is 1. The van der Waals surface area contributed by atoms with E-state index in [9.17, 15) is 4.79 Å². The molecule has 6 heteroatoms. The summed E-state index contributed by atoms with van der Waals surface area (Å²) in [4.78, 5) is 19.2. The van der Waals surface area contributed by atoms with Gasteiger partial charge in [-0.25, -0.2) is 4.98 Å². The first kappa shape index (κ1) is 23.3. The number of ketones is 1. The van der Waals surface area contributed by atoms with E-state index in [1.165, 1.54) is 19.9 Å². The fourth-order valence-corrected chi connectivity index (χ4v) is 3.34. The summed E-state index contributed by atoms with van der Waals surface area (Å²) in [5, 5.41) is 11.5. The van der Waals surface area contributed by atoms with Crippen molar-refractivity contribution >= 4 is 38.8 Å². The predicted molar refractivity (Wildman–Crippen MR) is 123 cm³/mol. The van der Waals surface area contributed by atoms with Gasteiger partial charge in [-0.3, -0.25) is 9.78 Å². The second-order valence-electron chi connectivity index (χ2n) is 7.31. The van der Waals surface area contributed by atoms with Crippen LogP contribution in [0.15, 0.2) is 76.9 Å². The average molecular weight is 602 g/mol. The zero-order chi connectivity index (χ0) is 22.0. The first-order valence-corrected chi connectivity index (χ1v) is 9.87. The normalized spacial score (nSPS) is 11.2. The minimum absolute atomic E-state index is 0. The molecule has 0 atom stereocenters. The summed E-state index contributed by atoms with van der Waals surface area (Å²) in [5.41, 5.74) is 5.10. The van der Waals surface area contributed by atoms with Gasteiger partial charge in [-0.05, 0) is 44.0 Å². The Balaban J connectivity index is 0.000000318. The maximum absolute atomic E-state index is 10.0. The van der Waals surface area contributed by atoms with E-state index in [1.54, 1.807) is 0 Å². The van der Waals surface area contributed by atoms with Crippen LogP contribution in [0, 0.1) is 13.0 Å². The van der Waals surface area contributed by atoms with Gasteiger partial charge in [-0.15, -0.1) is 17.7 Å². The second kappa shape index (κ2) is 9.86. The Morgan fingerprint density at radius 1 is 0.969 bits per heavy atom. The van der Waals surface area contributed by atoms with Crippen molar-refractivity contribution in [1.82, 2.24) is 9.97 Å². The average Bonchev–Trinajstić information content (AvgIpc) is 3.09. The molecule has 0 fully saturated rings. The van der Waals surface area contributed by atoms with Crippen LogP contribution >= 0.6 is 0 Å². The molecule has 5 aromatic rings. The first-order valence-electron chi connectivity index (χ1n) is 9.87. The number of rotatable bonds is 2. The molecule has 1 radical (unpaired) electrons. The molecule has 0 aliphatic heterocycles. The van der Waals surface area contributed by atoms with Crippen LogP contribution in [0.2, 0.25) is 0 Å². The van der Waals surface area contributed by atoms with Crippen LogP contribution in [0.5, 0.6) is 0 Å². The summed E-state index contributed by atoms with van der Waals surface area (Å²) in [6, 6.07) is 23.7. The van der Waals surface area contributed by atoms with Crippen molar-refractivity contribution in [2.24, 2.45) is 0 Å². The maximum atomic E-state index is 10.0. The van der Waals surface area contributed by atoms with E-state index in [0.717, 1.165) is 44.2 Å². The van der Waals surface area contributed by atoms with Crippen LogP contribution < -0.4 is 0 Å². The molecule has 32 heavy (non-hydrogen) atoms. The number of para-hydroxylation sites is 1. The molecule has 3 heterocycles. The largest absolute Gasteiger partial charge is 0.512 e. The van der Waals surface area contributed by atoms with Gasteiger partial charge in [-0.2, -0.15) is 0 Å². The minimum Gasteiger partial charge on any atom is -0.512 e. The third-order valence-corrected chi connectivity index (χ3v) is 4.68. The summed E-state index contributed by atoms with van der Waals surface area (Å²) in [5.74, 6) is -0.0625. The van der Waals surface area contributed by atoms with Crippen LogP contribution in [0.25, 0.3) is 44.2 Å². The molecule has 0 spiro atoms. The molecular weight excluding hydrogens is 581 g/mol. The monoisotopic (exact) mass is 602 g/mol. The van der Waals surface area contributed by atoms with E-state index in [2.05, 4.69) is 29.2 Å². The number of aromatic nitrogens is 2. The number of benzene rings is 2. The minimum atomic E-state index is -0.125. The molecule has 0 aliphatic carbocycles. The van der Waals surface area contributed by atoms with Gasteiger partial charge in [-0.1, -0.05) is 47.9 Å². The Bertz CT molecular complexity index is 1450. The number of allylic oxidation sites excluding steroid dienone is 2. The van der Waals surface area contributed by atoms with Crippen molar-refractivity contribution < 1.29 is 34.4 Å². The summed E-state index contributed by atoms with van der Waals surface area (Å²) < 4.78 is 5.89. The number of furan rings is 1. The van der Waals surface area contributed by atoms with E-state index in [4.69, 9.17) is 14.5 Å². The molecule has 0 bridgehead atoms. The molecule has 2 aromatic carbocycles. The molecule has 3 aromatic heterocycles. The zero-order valence-corrected chi connectivity index (χ0v) is 20.2. The van der Waals surface area contributed by atoms with Crippen LogP contribution in [0.4, 0.5) is 0 Å². The Kier molecular flexibility index (Phi) is 7.18. The third-order valence-electron chi connectivity index (χ3n) is 4.68. The molecule has 0 unspecified atom stereocenters. The predicted octanol–water partition coefficient (Wildman–Crippen LogP) is 6.34. The van der Waals surface area contributed by atoms with Gasteiger partial charge in [0.1, 0.15) is 0 Å². The number of nitrogens with zero attached hydrogens (tertiary/aromatic N) is 2. The summed E-state index contributed by atoms with van der Waals surface area (Å²) in [7, 11) is 0. The van der Waals surface area contributed by atoms with Gasteiger partial charge in [0.2, 0.25) is 5.71 Å². The molecule has 163 valence electrons. The third kappa shape index (κ3) is 5.10. The quantitative estimate of drug-likeness (QED) is 0.145. The van der Waals surface area contributed by atoms with Gasteiger partial charge in [0, 0.05) is 37.3 Å². The number of fused-ring (bicyclic) bond motifs is 4. The maximum Gasteiger partial charge on any atom is 0.215 e. The van der Waals surface area contributed by atoms with E-state index >= 15 is 0 Å². The van der Waals surface area contributed by atoms with Crippen molar-refractivity contribution in [3.05, 3.63) is 84.3 Å². The van der Waals surface area contributed by atoms with E-state index in [0.29, 0.717) is 5.71 Å². The van der Waals surface area contributed by atoms with Crippen LogP contribution in [0.3, 0.4) is 0 Å². The van der Waals surface area contributed by atoms with Gasteiger partial charge in [0.25, 0.3) is 0 Å². The van der Waals surface area contributed by atoms with E-state index < -0.39 is 0 Å². The van der Waals surface area contributed by atoms with Crippen molar-refractivity contribution in [3.63, 3.8) is 0 Å². The fourth-order valence-electron chi connectivity index (χ4n) is 3.34. The fraction of sp³-hybridized carbons (Fsp3) is 0.115. The smallest absolute Gasteiger partial charge is 0.215 e. The van der Waals surface area contributed by atoms with Crippen molar-refractivity contribution in [1.29, 1.82) is 0 Å². The molecule has 0 saturated carbocycles. The number of pyridine rings is 2. The number of aliphatic hydroxyl groups excluding tert-OH is 1.